The molecule has 0 N–H and O–H groups in total. The van der Waals surface area contributed by atoms with Crippen molar-refractivity contribution < 1.29 is 0 Å². The maximum atomic E-state index is 6.02. The highest BCUT2D eigenvalue weighted by atomic mass is 35.5. The maximum absolute atomic E-state index is 6.02. The van der Waals surface area contributed by atoms with Gasteiger partial charge in [-0.25, -0.2) is 0 Å². The summed E-state index contributed by atoms with van der Waals surface area (Å²) in [4.78, 5) is 0. The van der Waals surface area contributed by atoms with Gasteiger partial charge >= 0.3 is 0 Å². The largest absolute Gasteiger partial charge is 0.188 e. The van der Waals surface area contributed by atoms with Crippen molar-refractivity contribution in [3.8, 4) is 0 Å². The van der Waals surface area contributed by atoms with Crippen LogP contribution >= 0.6 is 46.4 Å². The molecule has 6 heteroatoms. The van der Waals surface area contributed by atoms with Crippen LogP contribution < -0.4 is 0 Å². The van der Waals surface area contributed by atoms with Gasteiger partial charge in [-0.05, 0) is 24.6 Å². The summed E-state index contributed by atoms with van der Waals surface area (Å²) in [6, 6.07) is 3.19. The van der Waals surface area contributed by atoms with Crippen LogP contribution in [0.3, 0.4) is 0 Å². The van der Waals surface area contributed by atoms with Crippen molar-refractivity contribution in [1.29, 1.82) is 0 Å². The summed E-state index contributed by atoms with van der Waals surface area (Å²) in [6.45, 7) is 2.74. The van der Waals surface area contributed by atoms with E-state index >= 15 is 0 Å². The maximum Gasteiger partial charge on any atom is 0.151 e. The molecule has 0 fully saturated rings. The molecule has 0 aromatic heterocycles. The summed E-state index contributed by atoms with van der Waals surface area (Å²) >= 11 is 23.8. The Balaban J connectivity index is 2.85. The van der Waals surface area contributed by atoms with E-state index in [-0.39, 0.29) is 5.16 Å². The standard InChI is InChI=1S/C12H12Cl4N2/c1-2-3-4-17-18-12(16)7-9-10(14)5-8(13)6-11(9)15/h5-7H,2-4H2,1H3/b12-7-,18-17?. The number of halogens is 4. The Morgan fingerprint density at radius 2 is 1.83 bits per heavy atom. The number of rotatable bonds is 5. The van der Waals surface area contributed by atoms with E-state index in [1.165, 1.54) is 0 Å². The molecule has 0 heterocycles. The van der Waals surface area contributed by atoms with Crippen molar-refractivity contribution >= 4 is 52.5 Å². The summed E-state index contributed by atoms with van der Waals surface area (Å²) in [5, 5.41) is 9.37. The normalized spacial score (nSPS) is 12.4. The topological polar surface area (TPSA) is 24.7 Å². The average Bonchev–Trinajstić information content (AvgIpc) is 2.29. The van der Waals surface area contributed by atoms with Crippen LogP contribution in [-0.2, 0) is 0 Å². The zero-order valence-electron chi connectivity index (χ0n) is 9.76. The summed E-state index contributed by atoms with van der Waals surface area (Å²) in [5.41, 5.74) is 0.585. The molecule has 0 saturated heterocycles. The van der Waals surface area contributed by atoms with Gasteiger partial charge in [-0.3, -0.25) is 0 Å². The van der Waals surface area contributed by atoms with E-state index in [0.29, 0.717) is 27.2 Å². The second-order valence-electron chi connectivity index (χ2n) is 3.57. The molecule has 1 rings (SSSR count). The van der Waals surface area contributed by atoms with Crippen molar-refractivity contribution in [3.63, 3.8) is 0 Å². The zero-order chi connectivity index (χ0) is 13.5. The first-order chi connectivity index (χ1) is 8.54. The van der Waals surface area contributed by atoms with E-state index < -0.39 is 0 Å². The highest BCUT2D eigenvalue weighted by Crippen LogP contribution is 2.31. The van der Waals surface area contributed by atoms with E-state index in [1.807, 2.05) is 0 Å². The SMILES string of the molecule is CCCCN=N/C(Cl)=C\c1c(Cl)cc(Cl)cc1Cl. The third-order valence-corrected chi connectivity index (χ3v) is 3.11. The van der Waals surface area contributed by atoms with Crippen LogP contribution in [0.4, 0.5) is 0 Å². The lowest BCUT2D eigenvalue weighted by Gasteiger charge is -2.02. The molecule has 0 aliphatic heterocycles. The van der Waals surface area contributed by atoms with Crippen LogP contribution in [0, 0.1) is 0 Å². The Morgan fingerprint density at radius 3 is 2.39 bits per heavy atom. The van der Waals surface area contributed by atoms with Crippen molar-refractivity contribution in [3.05, 3.63) is 37.9 Å². The van der Waals surface area contributed by atoms with Gasteiger partial charge < -0.3 is 0 Å². The first-order valence-corrected chi connectivity index (χ1v) is 6.95. The van der Waals surface area contributed by atoms with Gasteiger partial charge in [-0.15, -0.1) is 5.11 Å². The summed E-state index contributed by atoms with van der Waals surface area (Å²) in [7, 11) is 0. The first kappa shape index (κ1) is 15.8. The third kappa shape index (κ3) is 5.15. The van der Waals surface area contributed by atoms with Crippen molar-refractivity contribution in [2.75, 3.05) is 6.54 Å². The predicted molar refractivity (Wildman–Crippen MR) is 79.9 cm³/mol. The van der Waals surface area contributed by atoms with Crippen LogP contribution in [0.2, 0.25) is 15.1 Å². The Morgan fingerprint density at radius 1 is 1.22 bits per heavy atom. The summed E-state index contributed by atoms with van der Waals surface area (Å²) < 4.78 is 0. The lowest BCUT2D eigenvalue weighted by molar-refractivity contribution is 0.778. The van der Waals surface area contributed by atoms with Gasteiger partial charge in [0.25, 0.3) is 0 Å². The molecule has 98 valence electrons. The minimum Gasteiger partial charge on any atom is -0.188 e. The van der Waals surface area contributed by atoms with Crippen molar-refractivity contribution in [2.24, 2.45) is 10.2 Å². The molecule has 1 aromatic carbocycles. The second kappa shape index (κ2) is 8.00. The Bertz CT molecular complexity index is 446. The van der Waals surface area contributed by atoms with Crippen LogP contribution in [-0.4, -0.2) is 6.54 Å². The van der Waals surface area contributed by atoms with Gasteiger partial charge in [0.15, 0.2) is 5.16 Å². The quantitative estimate of drug-likeness (QED) is 0.338. The van der Waals surface area contributed by atoms with E-state index in [2.05, 4.69) is 17.2 Å². The van der Waals surface area contributed by atoms with Gasteiger partial charge in [0.05, 0.1) is 16.6 Å². The average molecular weight is 326 g/mol. The minimum atomic E-state index is 0.234. The number of hydrogen-bond donors (Lipinski definition) is 0. The van der Waals surface area contributed by atoms with E-state index in [9.17, 15) is 0 Å². The van der Waals surface area contributed by atoms with Gasteiger partial charge in [-0.1, -0.05) is 59.7 Å². The number of hydrogen-bond acceptors (Lipinski definition) is 2. The predicted octanol–water partition coefficient (Wildman–Crippen LogP) is 6.44. The second-order valence-corrected chi connectivity index (χ2v) is 5.21. The molecule has 0 saturated carbocycles. The van der Waals surface area contributed by atoms with E-state index in [4.69, 9.17) is 46.4 Å². The van der Waals surface area contributed by atoms with Gasteiger partial charge in [-0.2, -0.15) is 5.11 Å². The van der Waals surface area contributed by atoms with Gasteiger partial charge in [0.1, 0.15) is 0 Å². The molecule has 0 unspecified atom stereocenters. The zero-order valence-corrected chi connectivity index (χ0v) is 12.8. The molecule has 0 spiro atoms. The molecule has 2 nitrogen and oxygen atoms in total. The molecular formula is C12H12Cl4N2. The molecule has 0 radical (unpaired) electrons. The van der Waals surface area contributed by atoms with Crippen LogP contribution in [0.5, 0.6) is 0 Å². The highest BCUT2D eigenvalue weighted by Gasteiger charge is 2.06. The molecule has 18 heavy (non-hydrogen) atoms. The van der Waals surface area contributed by atoms with Crippen molar-refractivity contribution in [1.82, 2.24) is 0 Å². The Kier molecular flexibility index (Phi) is 7.02. The lowest BCUT2D eigenvalue weighted by atomic mass is 10.2. The number of azo groups is 1. The highest BCUT2D eigenvalue weighted by molar-refractivity contribution is 6.40. The molecular weight excluding hydrogens is 314 g/mol. The first-order valence-electron chi connectivity index (χ1n) is 5.43. The Hall–Kier alpha value is -0.280. The molecule has 1 aromatic rings. The molecule has 0 amide bonds. The summed E-state index contributed by atoms with van der Waals surface area (Å²) in [5.74, 6) is 0. The van der Waals surface area contributed by atoms with Crippen LogP contribution in [0.15, 0.2) is 27.5 Å². The molecule has 0 bridgehead atoms. The smallest absolute Gasteiger partial charge is 0.151 e. The van der Waals surface area contributed by atoms with Gasteiger partial charge in [0, 0.05) is 10.6 Å². The fraction of sp³-hybridized carbons (Fsp3) is 0.333. The number of nitrogens with zero attached hydrogens (tertiary/aromatic N) is 2. The van der Waals surface area contributed by atoms with Gasteiger partial charge in [0.2, 0.25) is 0 Å². The fourth-order valence-corrected chi connectivity index (χ4v) is 2.27. The van der Waals surface area contributed by atoms with Crippen LogP contribution in [0.25, 0.3) is 6.08 Å². The van der Waals surface area contributed by atoms with E-state index in [0.717, 1.165) is 12.8 Å². The summed E-state index contributed by atoms with van der Waals surface area (Å²) in [6.07, 6.45) is 3.61. The number of benzene rings is 1. The number of unbranched alkanes of at least 4 members (excludes halogenated alkanes) is 1. The third-order valence-electron chi connectivity index (χ3n) is 2.09. The Labute approximate surface area is 127 Å². The van der Waals surface area contributed by atoms with Crippen LogP contribution in [0.1, 0.15) is 25.3 Å². The minimum absolute atomic E-state index is 0.234. The van der Waals surface area contributed by atoms with Crippen molar-refractivity contribution in [2.45, 2.75) is 19.8 Å². The molecule has 0 atom stereocenters. The monoisotopic (exact) mass is 324 g/mol. The van der Waals surface area contributed by atoms with E-state index in [1.54, 1.807) is 18.2 Å². The molecule has 0 aliphatic carbocycles. The molecule has 0 aliphatic rings. The fourth-order valence-electron chi connectivity index (χ4n) is 1.19. The lowest BCUT2D eigenvalue weighted by Crippen LogP contribution is -1.80.